The van der Waals surface area contributed by atoms with Gasteiger partial charge in [-0.1, -0.05) is 6.07 Å². The molecule has 0 aliphatic heterocycles. The summed E-state index contributed by atoms with van der Waals surface area (Å²) in [5.74, 6) is 1.18. The molecule has 3 N–H and O–H groups in total. The minimum atomic E-state index is 0.402. The molecule has 0 unspecified atom stereocenters. The molecule has 0 saturated heterocycles. The number of benzene rings is 1. The van der Waals surface area contributed by atoms with Crippen LogP contribution in [0.4, 0.5) is 5.69 Å². The van der Waals surface area contributed by atoms with Crippen molar-refractivity contribution in [2.24, 2.45) is 10.7 Å². The molecule has 0 aliphatic rings. The van der Waals surface area contributed by atoms with Crippen LogP contribution >= 0.6 is 0 Å². The van der Waals surface area contributed by atoms with Gasteiger partial charge in [-0.2, -0.15) is 5.10 Å². The van der Waals surface area contributed by atoms with Crippen LogP contribution < -0.4 is 15.8 Å². The molecule has 0 spiro atoms. The highest BCUT2D eigenvalue weighted by atomic mass is 16.5. The van der Waals surface area contributed by atoms with Crippen molar-refractivity contribution in [3.8, 4) is 5.75 Å². The summed E-state index contributed by atoms with van der Waals surface area (Å²) in [6, 6.07) is 9.46. The number of nitrogens with zero attached hydrogens (tertiary/aromatic N) is 3. The number of nitrogens with one attached hydrogen (secondary N) is 1. The molecule has 0 radical (unpaired) electrons. The van der Waals surface area contributed by atoms with Gasteiger partial charge in [0.25, 0.3) is 0 Å². The number of rotatable bonds is 6. The van der Waals surface area contributed by atoms with Gasteiger partial charge < -0.3 is 15.8 Å². The molecule has 2 rings (SSSR count). The topological polar surface area (TPSA) is 77.5 Å². The number of methoxy groups -OCH3 is 1. The van der Waals surface area contributed by atoms with Gasteiger partial charge in [0.1, 0.15) is 5.75 Å². The van der Waals surface area contributed by atoms with Crippen molar-refractivity contribution in [3.05, 3.63) is 42.7 Å². The lowest BCUT2D eigenvalue weighted by atomic mass is 10.3. The van der Waals surface area contributed by atoms with E-state index < -0.39 is 0 Å². The number of aromatic nitrogens is 2. The van der Waals surface area contributed by atoms with Gasteiger partial charge >= 0.3 is 0 Å². The molecule has 0 bridgehead atoms. The Balaban J connectivity index is 1.78. The SMILES string of the molecule is COc1cccc(NC(N)=NCCCn2cccn2)c1. The monoisotopic (exact) mass is 273 g/mol. The van der Waals surface area contributed by atoms with E-state index in [9.17, 15) is 0 Å². The molecule has 2 aromatic rings. The number of hydrogen-bond donors (Lipinski definition) is 2. The molecular formula is C14H19N5O. The second-order valence-electron chi connectivity index (χ2n) is 4.25. The van der Waals surface area contributed by atoms with Crippen LogP contribution in [0.3, 0.4) is 0 Å². The van der Waals surface area contributed by atoms with E-state index in [4.69, 9.17) is 10.5 Å². The molecule has 0 fully saturated rings. The predicted molar refractivity (Wildman–Crippen MR) is 80.0 cm³/mol. The van der Waals surface area contributed by atoms with Crippen LogP contribution in [-0.2, 0) is 6.54 Å². The van der Waals surface area contributed by atoms with Crippen LogP contribution in [0.15, 0.2) is 47.7 Å². The van der Waals surface area contributed by atoms with E-state index in [2.05, 4.69) is 15.4 Å². The van der Waals surface area contributed by atoms with Crippen molar-refractivity contribution in [1.82, 2.24) is 9.78 Å². The Labute approximate surface area is 118 Å². The molecule has 0 atom stereocenters. The molecule has 6 heteroatoms. The van der Waals surface area contributed by atoms with Gasteiger partial charge in [-0.3, -0.25) is 9.67 Å². The van der Waals surface area contributed by atoms with Crippen molar-refractivity contribution in [1.29, 1.82) is 0 Å². The van der Waals surface area contributed by atoms with Crippen molar-refractivity contribution < 1.29 is 4.74 Å². The fourth-order valence-corrected chi connectivity index (χ4v) is 1.75. The number of aliphatic imine (C=N–C) groups is 1. The highest BCUT2D eigenvalue weighted by Crippen LogP contribution is 2.16. The van der Waals surface area contributed by atoms with Gasteiger partial charge in [-0.05, 0) is 24.6 Å². The maximum Gasteiger partial charge on any atom is 0.193 e. The summed E-state index contributed by atoms with van der Waals surface area (Å²) in [4.78, 5) is 4.28. The standard InChI is InChI=1S/C14H19N5O/c1-20-13-6-2-5-12(11-13)18-14(15)16-7-3-9-19-10-4-8-17-19/h2,4-6,8,10-11H,3,7,9H2,1H3,(H3,15,16,18). The first-order valence-corrected chi connectivity index (χ1v) is 6.46. The zero-order chi connectivity index (χ0) is 14.2. The molecule has 1 heterocycles. The third-order valence-corrected chi connectivity index (χ3v) is 2.73. The van der Waals surface area contributed by atoms with E-state index in [1.807, 2.05) is 41.2 Å². The van der Waals surface area contributed by atoms with Crippen molar-refractivity contribution in [2.75, 3.05) is 19.0 Å². The van der Waals surface area contributed by atoms with E-state index in [0.717, 1.165) is 24.4 Å². The smallest absolute Gasteiger partial charge is 0.193 e. The van der Waals surface area contributed by atoms with Crippen LogP contribution in [0.1, 0.15) is 6.42 Å². The first kappa shape index (κ1) is 13.9. The summed E-state index contributed by atoms with van der Waals surface area (Å²) >= 11 is 0. The van der Waals surface area contributed by atoms with E-state index in [1.54, 1.807) is 13.3 Å². The number of anilines is 1. The van der Waals surface area contributed by atoms with E-state index in [1.165, 1.54) is 0 Å². The lowest BCUT2D eigenvalue weighted by molar-refractivity contribution is 0.415. The summed E-state index contributed by atoms with van der Waals surface area (Å²) in [5.41, 5.74) is 6.69. The third-order valence-electron chi connectivity index (χ3n) is 2.73. The fraction of sp³-hybridized carbons (Fsp3) is 0.286. The first-order chi connectivity index (χ1) is 9.78. The molecule has 6 nitrogen and oxygen atoms in total. The number of nitrogens with two attached hydrogens (primary N) is 1. The maximum atomic E-state index is 5.83. The Morgan fingerprint density at radius 1 is 1.45 bits per heavy atom. The van der Waals surface area contributed by atoms with Gasteiger partial charge in [0.2, 0.25) is 0 Å². The van der Waals surface area contributed by atoms with Crippen LogP contribution in [0.5, 0.6) is 5.75 Å². The van der Waals surface area contributed by atoms with Crippen molar-refractivity contribution in [3.63, 3.8) is 0 Å². The zero-order valence-electron chi connectivity index (χ0n) is 11.5. The van der Waals surface area contributed by atoms with E-state index in [0.29, 0.717) is 12.5 Å². The predicted octanol–water partition coefficient (Wildman–Crippen LogP) is 1.71. The molecular weight excluding hydrogens is 254 g/mol. The molecule has 0 amide bonds. The Kier molecular flexibility index (Phi) is 5.00. The number of hydrogen-bond acceptors (Lipinski definition) is 3. The second-order valence-corrected chi connectivity index (χ2v) is 4.25. The highest BCUT2D eigenvalue weighted by molar-refractivity contribution is 5.92. The Morgan fingerprint density at radius 3 is 3.10 bits per heavy atom. The molecule has 1 aromatic carbocycles. The molecule has 1 aromatic heterocycles. The zero-order valence-corrected chi connectivity index (χ0v) is 11.5. The van der Waals surface area contributed by atoms with Crippen LogP contribution in [0.2, 0.25) is 0 Å². The van der Waals surface area contributed by atoms with Gasteiger partial charge in [-0.25, -0.2) is 0 Å². The summed E-state index contributed by atoms with van der Waals surface area (Å²) < 4.78 is 7.02. The Morgan fingerprint density at radius 2 is 2.35 bits per heavy atom. The van der Waals surface area contributed by atoms with Gasteiger partial charge in [0.05, 0.1) is 7.11 Å². The van der Waals surface area contributed by atoms with Gasteiger partial charge in [-0.15, -0.1) is 0 Å². The van der Waals surface area contributed by atoms with Crippen LogP contribution in [0.25, 0.3) is 0 Å². The number of ether oxygens (including phenoxy) is 1. The summed E-state index contributed by atoms with van der Waals surface area (Å²) in [6.07, 6.45) is 4.59. The summed E-state index contributed by atoms with van der Waals surface area (Å²) in [7, 11) is 1.63. The third kappa shape index (κ3) is 4.31. The second kappa shape index (κ2) is 7.18. The van der Waals surface area contributed by atoms with Gasteiger partial charge in [0, 0.05) is 37.2 Å². The van der Waals surface area contributed by atoms with Crippen molar-refractivity contribution in [2.45, 2.75) is 13.0 Å². The number of guanidine groups is 1. The Hall–Kier alpha value is -2.50. The molecule has 20 heavy (non-hydrogen) atoms. The fourth-order valence-electron chi connectivity index (χ4n) is 1.75. The number of aryl methyl sites for hydroxylation is 1. The maximum absolute atomic E-state index is 5.83. The molecule has 0 aliphatic carbocycles. The first-order valence-electron chi connectivity index (χ1n) is 6.46. The normalized spacial score (nSPS) is 11.3. The minimum Gasteiger partial charge on any atom is -0.497 e. The summed E-state index contributed by atoms with van der Waals surface area (Å²) in [6.45, 7) is 1.49. The highest BCUT2D eigenvalue weighted by Gasteiger charge is 1.97. The van der Waals surface area contributed by atoms with Crippen LogP contribution in [-0.4, -0.2) is 29.4 Å². The molecule has 0 saturated carbocycles. The Bertz CT molecular complexity index is 550. The lowest BCUT2D eigenvalue weighted by Crippen LogP contribution is -2.23. The minimum absolute atomic E-state index is 0.402. The average molecular weight is 273 g/mol. The molecule has 106 valence electrons. The van der Waals surface area contributed by atoms with E-state index in [-0.39, 0.29) is 0 Å². The average Bonchev–Trinajstić information content (AvgIpc) is 2.97. The van der Waals surface area contributed by atoms with Crippen LogP contribution in [0, 0.1) is 0 Å². The quantitative estimate of drug-likeness (QED) is 0.477. The summed E-state index contributed by atoms with van der Waals surface area (Å²) in [5, 5.41) is 7.16. The van der Waals surface area contributed by atoms with E-state index >= 15 is 0 Å². The lowest BCUT2D eigenvalue weighted by Gasteiger charge is -2.07. The largest absolute Gasteiger partial charge is 0.497 e. The van der Waals surface area contributed by atoms with Gasteiger partial charge in [0.15, 0.2) is 5.96 Å². The van der Waals surface area contributed by atoms with Crippen molar-refractivity contribution >= 4 is 11.6 Å².